The van der Waals surface area contributed by atoms with Crippen LogP contribution < -0.4 is 0 Å². The molecule has 1 fully saturated rings. The molecular weight excluding hydrogens is 443 g/mol. The largest absolute Gasteiger partial charge is 0.347 e. The van der Waals surface area contributed by atoms with Gasteiger partial charge in [0.15, 0.2) is 10.3 Å². The van der Waals surface area contributed by atoms with Crippen LogP contribution in [0.15, 0.2) is 39.3 Å². The van der Waals surface area contributed by atoms with Gasteiger partial charge in [0.2, 0.25) is 0 Å². The van der Waals surface area contributed by atoms with Gasteiger partial charge in [-0.15, -0.1) is 24.8 Å². The smallest absolute Gasteiger partial charge is 0.173 e. The quantitative estimate of drug-likeness (QED) is 0.577. The van der Waals surface area contributed by atoms with Crippen molar-refractivity contribution in [1.82, 2.24) is 9.80 Å². The highest BCUT2D eigenvalue weighted by molar-refractivity contribution is 8.17. The summed E-state index contributed by atoms with van der Waals surface area (Å²) in [5.41, 5.74) is 3.56. The average Bonchev–Trinajstić information content (AvgIpc) is 3.22. The van der Waals surface area contributed by atoms with Crippen molar-refractivity contribution in [3.8, 4) is 0 Å². The number of rotatable bonds is 2. The highest BCUT2D eigenvalue weighted by atomic mass is 35.5. The van der Waals surface area contributed by atoms with Crippen LogP contribution in [0.5, 0.6) is 0 Å². The van der Waals surface area contributed by atoms with Gasteiger partial charge in [0.05, 0.1) is 24.8 Å². The van der Waals surface area contributed by atoms with E-state index in [0.29, 0.717) is 6.04 Å². The number of piperidine rings is 1. The van der Waals surface area contributed by atoms with E-state index in [2.05, 4.69) is 15.2 Å². The summed E-state index contributed by atoms with van der Waals surface area (Å²) in [7, 11) is 0. The molecule has 4 heterocycles. The van der Waals surface area contributed by atoms with Crippen molar-refractivity contribution in [3.05, 3.63) is 39.9 Å². The molecule has 1 atom stereocenters. The molecule has 0 bridgehead atoms. The molecule has 4 aliphatic heterocycles. The number of hydrogen-bond donors (Lipinski definition) is 0. The maximum atomic E-state index is 6.16. The second-order valence-corrected chi connectivity index (χ2v) is 8.95. The lowest BCUT2D eigenvalue weighted by atomic mass is 10.0. The van der Waals surface area contributed by atoms with Crippen molar-refractivity contribution in [1.29, 1.82) is 0 Å². The fourth-order valence-electron chi connectivity index (χ4n) is 3.79. The van der Waals surface area contributed by atoms with E-state index >= 15 is 0 Å². The second-order valence-electron chi connectivity index (χ2n) is 6.74. The van der Waals surface area contributed by atoms with Crippen molar-refractivity contribution < 1.29 is 0 Å². The summed E-state index contributed by atoms with van der Waals surface area (Å²) in [5.74, 6) is 0.948. The first kappa shape index (κ1) is 21.2. The Hall–Kier alpha value is -0.530. The zero-order chi connectivity index (χ0) is 16.8. The monoisotopic (exact) mass is 462 g/mol. The third-order valence-electron chi connectivity index (χ3n) is 5.12. The molecule has 0 saturated carbocycles. The van der Waals surface area contributed by atoms with Crippen LogP contribution in [0.25, 0.3) is 0 Å². The summed E-state index contributed by atoms with van der Waals surface area (Å²) in [6, 6.07) is 6.62. The second kappa shape index (κ2) is 8.87. The molecule has 0 radical (unpaired) electrons. The van der Waals surface area contributed by atoms with Crippen molar-refractivity contribution in [3.63, 3.8) is 0 Å². The standard InChI is InChI=1S/C18H19ClN4S2.2ClH/c19-13-4-5-16-12(7-13)9-23-15(11-25-18(23)21-16)10-24-17-20-8-14-3-1-2-6-22(14)17;;/h4-5,7,11,14H,1-3,6,8-10H2;2*1H. The highest BCUT2D eigenvalue weighted by Gasteiger charge is 2.32. The topological polar surface area (TPSA) is 31.2 Å². The van der Waals surface area contributed by atoms with Gasteiger partial charge in [-0.3, -0.25) is 4.99 Å². The minimum absolute atomic E-state index is 0. The normalized spacial score (nSPS) is 22.6. The Kier molecular flexibility index (Phi) is 6.96. The molecular formula is C18H21Cl3N4S2. The van der Waals surface area contributed by atoms with Gasteiger partial charge in [-0.25, -0.2) is 4.99 Å². The number of halogens is 3. The van der Waals surface area contributed by atoms with E-state index in [-0.39, 0.29) is 24.8 Å². The Labute approximate surface area is 185 Å². The fourth-order valence-corrected chi connectivity index (χ4v) is 6.09. The van der Waals surface area contributed by atoms with Crippen LogP contribution in [-0.4, -0.2) is 45.0 Å². The molecule has 146 valence electrons. The summed E-state index contributed by atoms with van der Waals surface area (Å²) in [5, 5.41) is 5.33. The average molecular weight is 464 g/mol. The van der Waals surface area contributed by atoms with Gasteiger partial charge in [-0.05, 0) is 48.4 Å². The van der Waals surface area contributed by atoms with Gasteiger partial charge in [0.25, 0.3) is 0 Å². The molecule has 0 amide bonds. The Morgan fingerprint density at radius 1 is 1.26 bits per heavy atom. The summed E-state index contributed by atoms with van der Waals surface area (Å²) in [6.45, 7) is 3.01. The third kappa shape index (κ3) is 4.10. The molecule has 0 aromatic heterocycles. The SMILES string of the molecule is Cl.Cl.Clc1ccc2c(c1)CN1C(CSC3=NCC4CCCCN34)=CSC1=N2. The zero-order valence-electron chi connectivity index (χ0n) is 14.6. The minimum Gasteiger partial charge on any atom is -0.347 e. The molecule has 4 nitrogen and oxygen atoms in total. The first-order valence-electron chi connectivity index (χ1n) is 8.72. The lowest BCUT2D eigenvalue weighted by Gasteiger charge is -2.32. The molecule has 0 N–H and O–H groups in total. The number of amidine groups is 2. The van der Waals surface area contributed by atoms with Gasteiger partial charge >= 0.3 is 0 Å². The predicted molar refractivity (Wildman–Crippen MR) is 123 cm³/mol. The van der Waals surface area contributed by atoms with E-state index < -0.39 is 0 Å². The third-order valence-corrected chi connectivity index (χ3v) is 7.33. The lowest BCUT2D eigenvalue weighted by molar-refractivity contribution is 0.272. The van der Waals surface area contributed by atoms with Gasteiger partial charge in [0.1, 0.15) is 0 Å². The zero-order valence-corrected chi connectivity index (χ0v) is 18.7. The summed E-state index contributed by atoms with van der Waals surface area (Å²) < 4.78 is 0. The number of benzene rings is 1. The van der Waals surface area contributed by atoms with Crippen LogP contribution in [0.1, 0.15) is 24.8 Å². The molecule has 9 heteroatoms. The van der Waals surface area contributed by atoms with Crippen LogP contribution in [0.3, 0.4) is 0 Å². The van der Waals surface area contributed by atoms with E-state index in [1.165, 1.54) is 42.2 Å². The summed E-state index contributed by atoms with van der Waals surface area (Å²) >= 11 is 9.76. The molecule has 4 aliphatic rings. The van der Waals surface area contributed by atoms with Gasteiger partial charge in [0, 0.05) is 23.0 Å². The maximum absolute atomic E-state index is 6.16. The fraction of sp³-hybridized carbons (Fsp3) is 0.444. The molecule has 27 heavy (non-hydrogen) atoms. The maximum Gasteiger partial charge on any atom is 0.173 e. The van der Waals surface area contributed by atoms with Crippen molar-refractivity contribution in [2.24, 2.45) is 9.98 Å². The molecule has 1 unspecified atom stereocenters. The molecule has 0 aliphatic carbocycles. The number of fused-ring (bicyclic) bond motifs is 3. The minimum atomic E-state index is 0. The van der Waals surface area contributed by atoms with E-state index in [0.717, 1.165) is 34.7 Å². The van der Waals surface area contributed by atoms with Gasteiger partial charge in [-0.1, -0.05) is 35.1 Å². The van der Waals surface area contributed by atoms with Crippen LogP contribution in [0, 0.1) is 0 Å². The predicted octanol–water partition coefficient (Wildman–Crippen LogP) is 5.53. The van der Waals surface area contributed by atoms with E-state index in [1.807, 2.05) is 30.0 Å². The molecule has 0 spiro atoms. The number of nitrogens with zero attached hydrogens (tertiary/aromatic N) is 4. The van der Waals surface area contributed by atoms with Crippen LogP contribution in [0.4, 0.5) is 5.69 Å². The van der Waals surface area contributed by atoms with Gasteiger partial charge < -0.3 is 9.80 Å². The summed E-state index contributed by atoms with van der Waals surface area (Å²) in [6.07, 6.45) is 3.95. The first-order valence-corrected chi connectivity index (χ1v) is 11.0. The highest BCUT2D eigenvalue weighted by Crippen LogP contribution is 2.39. The van der Waals surface area contributed by atoms with E-state index in [4.69, 9.17) is 21.6 Å². The van der Waals surface area contributed by atoms with Crippen molar-refractivity contribution in [2.45, 2.75) is 31.8 Å². The van der Waals surface area contributed by atoms with E-state index in [1.54, 1.807) is 11.8 Å². The van der Waals surface area contributed by atoms with E-state index in [9.17, 15) is 0 Å². The summed E-state index contributed by atoms with van der Waals surface area (Å²) in [4.78, 5) is 14.4. The van der Waals surface area contributed by atoms with Gasteiger partial charge in [-0.2, -0.15) is 0 Å². The van der Waals surface area contributed by atoms with Crippen molar-refractivity contribution in [2.75, 3.05) is 18.8 Å². The van der Waals surface area contributed by atoms with Crippen molar-refractivity contribution >= 4 is 76.0 Å². The number of aliphatic imine (C=N–C) groups is 2. The Bertz CT molecular complexity index is 812. The number of thioether (sulfide) groups is 2. The van der Waals surface area contributed by atoms with Crippen LogP contribution in [-0.2, 0) is 6.54 Å². The Balaban J connectivity index is 0.00000105. The first-order chi connectivity index (χ1) is 12.3. The lowest BCUT2D eigenvalue weighted by Crippen LogP contribution is -2.39. The molecule has 1 aromatic carbocycles. The molecule has 1 saturated heterocycles. The Morgan fingerprint density at radius 2 is 2.15 bits per heavy atom. The van der Waals surface area contributed by atoms with Crippen LogP contribution >= 0.6 is 59.9 Å². The molecule has 1 aromatic rings. The number of hydrogen-bond acceptors (Lipinski definition) is 6. The van der Waals surface area contributed by atoms with Crippen LogP contribution in [0.2, 0.25) is 5.02 Å². The molecule has 5 rings (SSSR count). The Morgan fingerprint density at radius 3 is 3.04 bits per heavy atom.